The molecule has 3 heteroatoms. The van der Waals surface area contributed by atoms with E-state index in [1.807, 2.05) is 0 Å². The van der Waals surface area contributed by atoms with Crippen LogP contribution in [0.1, 0.15) is 50.6 Å². The Balaban J connectivity index is 1.65. The van der Waals surface area contributed by atoms with E-state index in [-0.39, 0.29) is 0 Å². The molecule has 1 N–H and O–H groups in total. The quantitative estimate of drug-likeness (QED) is 0.889. The van der Waals surface area contributed by atoms with Crippen molar-refractivity contribution in [2.24, 2.45) is 0 Å². The average Bonchev–Trinajstić information content (AvgIpc) is 2.67. The molecular weight excluding hydrogens is 312 g/mol. The molecule has 2 aliphatic heterocycles. The Morgan fingerprint density at radius 2 is 1.80 bits per heavy atom. The monoisotopic (exact) mass is 336 g/mol. The molecule has 0 spiro atoms. The second-order valence-electron chi connectivity index (χ2n) is 6.40. The second kappa shape index (κ2) is 6.17. The molecule has 110 valence electrons. The van der Waals surface area contributed by atoms with Gasteiger partial charge in [0.05, 0.1) is 0 Å². The first-order chi connectivity index (χ1) is 9.67. The number of hydrogen-bond donors (Lipinski definition) is 1. The average molecular weight is 337 g/mol. The summed E-state index contributed by atoms with van der Waals surface area (Å²) in [5.74, 6) is 0. The molecule has 0 saturated carbocycles. The molecule has 20 heavy (non-hydrogen) atoms. The van der Waals surface area contributed by atoms with Gasteiger partial charge < -0.3 is 10.2 Å². The zero-order valence-corrected chi connectivity index (χ0v) is 14.1. The van der Waals surface area contributed by atoms with Gasteiger partial charge in [-0.1, -0.05) is 35.0 Å². The molecule has 0 radical (unpaired) electrons. The van der Waals surface area contributed by atoms with Crippen LogP contribution >= 0.6 is 15.9 Å². The van der Waals surface area contributed by atoms with Crippen LogP contribution in [0.25, 0.3) is 0 Å². The Morgan fingerprint density at radius 1 is 1.20 bits per heavy atom. The summed E-state index contributed by atoms with van der Waals surface area (Å²) < 4.78 is 1.16. The number of benzene rings is 1. The van der Waals surface area contributed by atoms with Crippen LogP contribution in [0.3, 0.4) is 0 Å². The minimum Gasteiger partial charge on any atom is -0.307 e. The Labute approximate surface area is 131 Å². The third-order valence-corrected chi connectivity index (χ3v) is 5.74. The van der Waals surface area contributed by atoms with Crippen molar-refractivity contribution in [1.29, 1.82) is 0 Å². The lowest BCUT2D eigenvalue weighted by Crippen LogP contribution is -2.48. The normalized spacial score (nSPS) is 31.4. The van der Waals surface area contributed by atoms with Gasteiger partial charge in [0, 0.05) is 28.6 Å². The molecule has 0 aliphatic carbocycles. The lowest BCUT2D eigenvalue weighted by molar-refractivity contribution is 0.142. The predicted octanol–water partition coefficient (Wildman–Crippen LogP) is 4.12. The minimum absolute atomic E-state index is 0.496. The molecule has 0 amide bonds. The zero-order chi connectivity index (χ0) is 14.1. The van der Waals surface area contributed by atoms with Gasteiger partial charge in [-0.15, -0.1) is 0 Å². The number of hydrogen-bond acceptors (Lipinski definition) is 2. The van der Waals surface area contributed by atoms with E-state index < -0.39 is 0 Å². The van der Waals surface area contributed by atoms with Gasteiger partial charge in [-0.3, -0.25) is 0 Å². The fourth-order valence-electron chi connectivity index (χ4n) is 3.98. The summed E-state index contributed by atoms with van der Waals surface area (Å²) in [7, 11) is 2.31. The summed E-state index contributed by atoms with van der Waals surface area (Å²) >= 11 is 3.52. The molecular formula is C17H25BrN2. The van der Waals surface area contributed by atoms with Crippen LogP contribution in [0.15, 0.2) is 28.7 Å². The molecule has 2 saturated heterocycles. The molecule has 3 unspecified atom stereocenters. The highest BCUT2D eigenvalue weighted by molar-refractivity contribution is 9.10. The first-order valence-electron chi connectivity index (χ1n) is 7.90. The van der Waals surface area contributed by atoms with E-state index in [9.17, 15) is 0 Å². The fourth-order valence-corrected chi connectivity index (χ4v) is 4.24. The summed E-state index contributed by atoms with van der Waals surface area (Å²) in [5, 5.41) is 3.92. The molecule has 2 heterocycles. The van der Waals surface area contributed by atoms with E-state index in [1.54, 1.807) is 0 Å². The largest absolute Gasteiger partial charge is 0.307 e. The smallest absolute Gasteiger partial charge is 0.0320 e. The first kappa shape index (κ1) is 14.6. The van der Waals surface area contributed by atoms with Crippen molar-refractivity contribution in [2.75, 3.05) is 7.05 Å². The second-order valence-corrected chi connectivity index (χ2v) is 7.31. The maximum absolute atomic E-state index is 3.92. The fraction of sp³-hybridized carbons (Fsp3) is 0.647. The summed E-state index contributed by atoms with van der Waals surface area (Å²) in [5.41, 5.74) is 1.42. The molecule has 1 aromatic carbocycles. The van der Waals surface area contributed by atoms with Crippen LogP contribution in [0.2, 0.25) is 0 Å². The van der Waals surface area contributed by atoms with Crippen LogP contribution in [-0.4, -0.2) is 30.1 Å². The van der Waals surface area contributed by atoms with Crippen LogP contribution in [-0.2, 0) is 0 Å². The van der Waals surface area contributed by atoms with Crippen molar-refractivity contribution >= 4 is 15.9 Å². The van der Waals surface area contributed by atoms with E-state index in [0.717, 1.165) is 23.0 Å². The van der Waals surface area contributed by atoms with E-state index in [0.29, 0.717) is 12.1 Å². The number of nitrogens with zero attached hydrogens (tertiary/aromatic N) is 1. The van der Waals surface area contributed by atoms with Crippen molar-refractivity contribution in [3.8, 4) is 0 Å². The summed E-state index contributed by atoms with van der Waals surface area (Å²) in [4.78, 5) is 2.61. The third-order valence-electron chi connectivity index (χ3n) is 5.22. The van der Waals surface area contributed by atoms with Crippen LogP contribution < -0.4 is 5.32 Å². The number of rotatable bonds is 4. The van der Waals surface area contributed by atoms with Crippen molar-refractivity contribution in [2.45, 2.75) is 63.2 Å². The SMILES string of the molecule is CCC(NC1CC2CCC(C1)N2C)c1ccc(Br)cc1. The highest BCUT2D eigenvalue weighted by Crippen LogP contribution is 2.35. The Bertz CT molecular complexity index is 431. The zero-order valence-electron chi connectivity index (χ0n) is 12.5. The van der Waals surface area contributed by atoms with E-state index >= 15 is 0 Å². The van der Waals surface area contributed by atoms with Crippen molar-refractivity contribution in [3.63, 3.8) is 0 Å². The van der Waals surface area contributed by atoms with Crippen molar-refractivity contribution in [1.82, 2.24) is 10.2 Å². The third kappa shape index (κ3) is 2.95. The molecule has 1 aromatic rings. The van der Waals surface area contributed by atoms with Gasteiger partial charge in [-0.05, 0) is 56.8 Å². The molecule has 2 bridgehead atoms. The molecule has 3 rings (SSSR count). The lowest BCUT2D eigenvalue weighted by Gasteiger charge is -2.38. The molecule has 2 nitrogen and oxygen atoms in total. The van der Waals surface area contributed by atoms with E-state index in [4.69, 9.17) is 0 Å². The van der Waals surface area contributed by atoms with Gasteiger partial charge in [0.1, 0.15) is 0 Å². The van der Waals surface area contributed by atoms with E-state index in [2.05, 4.69) is 64.4 Å². The maximum atomic E-state index is 3.92. The minimum atomic E-state index is 0.496. The molecule has 2 fully saturated rings. The maximum Gasteiger partial charge on any atom is 0.0320 e. The topological polar surface area (TPSA) is 15.3 Å². The first-order valence-corrected chi connectivity index (χ1v) is 8.70. The van der Waals surface area contributed by atoms with E-state index in [1.165, 1.54) is 31.2 Å². The van der Waals surface area contributed by atoms with Gasteiger partial charge in [0.15, 0.2) is 0 Å². The number of piperidine rings is 1. The van der Waals surface area contributed by atoms with Gasteiger partial charge in [-0.2, -0.15) is 0 Å². The Hall–Kier alpha value is -0.380. The molecule has 3 atom stereocenters. The van der Waals surface area contributed by atoms with Gasteiger partial charge in [-0.25, -0.2) is 0 Å². The van der Waals surface area contributed by atoms with Crippen LogP contribution in [0, 0.1) is 0 Å². The van der Waals surface area contributed by atoms with Crippen LogP contribution in [0.5, 0.6) is 0 Å². The van der Waals surface area contributed by atoms with Gasteiger partial charge in [0.25, 0.3) is 0 Å². The van der Waals surface area contributed by atoms with Gasteiger partial charge in [0.2, 0.25) is 0 Å². The lowest BCUT2D eigenvalue weighted by atomic mass is 9.95. The summed E-state index contributed by atoms with van der Waals surface area (Å²) in [6.07, 6.45) is 6.59. The summed E-state index contributed by atoms with van der Waals surface area (Å²) in [6.45, 7) is 2.28. The number of halogens is 1. The Kier molecular flexibility index (Phi) is 4.49. The van der Waals surface area contributed by atoms with Gasteiger partial charge >= 0.3 is 0 Å². The van der Waals surface area contributed by atoms with Crippen molar-refractivity contribution in [3.05, 3.63) is 34.3 Å². The standard InChI is InChI=1S/C17H25BrN2/c1-3-17(12-4-6-13(18)7-5-12)19-14-10-15-8-9-16(11-14)20(15)2/h4-7,14-17,19H,3,8-11H2,1-2H3. The predicted molar refractivity (Wildman–Crippen MR) is 87.9 cm³/mol. The van der Waals surface area contributed by atoms with Crippen molar-refractivity contribution < 1.29 is 0 Å². The highest BCUT2D eigenvalue weighted by Gasteiger charge is 2.38. The Morgan fingerprint density at radius 3 is 2.35 bits per heavy atom. The summed E-state index contributed by atoms with van der Waals surface area (Å²) in [6, 6.07) is 11.6. The molecule has 2 aliphatic rings. The van der Waals surface area contributed by atoms with Crippen LogP contribution in [0.4, 0.5) is 0 Å². The highest BCUT2D eigenvalue weighted by atomic mass is 79.9. The molecule has 0 aromatic heterocycles. The number of fused-ring (bicyclic) bond motifs is 2. The number of nitrogens with one attached hydrogen (secondary N) is 1.